The number of carbonyl (C=O) groups is 1. The van der Waals surface area contributed by atoms with E-state index in [0.717, 1.165) is 17.0 Å². The molecule has 1 N–H and O–H groups in total. The van der Waals surface area contributed by atoms with Crippen LogP contribution in [0.25, 0.3) is 0 Å². The largest absolute Gasteiger partial charge is 0.440 e. The fourth-order valence-electron chi connectivity index (χ4n) is 0.946. The van der Waals surface area contributed by atoms with Crippen molar-refractivity contribution in [3.05, 3.63) is 11.1 Å². The molecule has 0 atom stereocenters. The topological polar surface area (TPSA) is 51.2 Å². The molecule has 0 saturated carbocycles. The van der Waals surface area contributed by atoms with Gasteiger partial charge in [0.2, 0.25) is 0 Å². The van der Waals surface area contributed by atoms with Gasteiger partial charge < -0.3 is 4.74 Å². The molecule has 0 unspecified atom stereocenters. The number of hydrogen-bond acceptors (Lipinski definition) is 4. The summed E-state index contributed by atoms with van der Waals surface area (Å²) in [4.78, 5) is 15.1. The lowest BCUT2D eigenvalue weighted by Crippen LogP contribution is -2.23. The van der Waals surface area contributed by atoms with Crippen molar-refractivity contribution in [2.45, 2.75) is 32.4 Å². The summed E-state index contributed by atoms with van der Waals surface area (Å²) < 4.78 is 39.4. The molecule has 1 aromatic rings. The Balaban J connectivity index is 2.53. The number of hydrogen-bond donors (Lipinski definition) is 1. The van der Waals surface area contributed by atoms with E-state index < -0.39 is 18.9 Å². The van der Waals surface area contributed by atoms with Gasteiger partial charge in [0.05, 0.1) is 5.69 Å². The Morgan fingerprint density at radius 2 is 2.06 bits per heavy atom. The van der Waals surface area contributed by atoms with Crippen molar-refractivity contribution in [1.29, 1.82) is 0 Å². The molecule has 0 spiro atoms. The van der Waals surface area contributed by atoms with Crippen molar-refractivity contribution >= 4 is 22.6 Å². The maximum absolute atomic E-state index is 11.8. The van der Waals surface area contributed by atoms with Crippen LogP contribution < -0.4 is 5.32 Å². The third-order valence-electron chi connectivity index (χ3n) is 1.85. The van der Waals surface area contributed by atoms with Gasteiger partial charge in [-0.1, -0.05) is 20.8 Å². The molecule has 0 fully saturated rings. The van der Waals surface area contributed by atoms with Crippen LogP contribution >= 0.6 is 11.3 Å². The highest BCUT2D eigenvalue weighted by atomic mass is 32.1. The van der Waals surface area contributed by atoms with E-state index in [-0.39, 0.29) is 10.5 Å². The lowest BCUT2D eigenvalue weighted by molar-refractivity contribution is -0.159. The van der Waals surface area contributed by atoms with E-state index in [2.05, 4.69) is 15.0 Å². The first-order valence-electron chi connectivity index (χ1n) is 5.04. The lowest BCUT2D eigenvalue weighted by Gasteiger charge is -2.14. The molecule has 0 aliphatic rings. The summed E-state index contributed by atoms with van der Waals surface area (Å²) >= 11 is 1.13. The summed E-state index contributed by atoms with van der Waals surface area (Å²) in [6, 6.07) is 0. The van der Waals surface area contributed by atoms with Gasteiger partial charge in [0.25, 0.3) is 0 Å². The van der Waals surface area contributed by atoms with Crippen molar-refractivity contribution in [3.63, 3.8) is 0 Å². The van der Waals surface area contributed by atoms with Crippen LogP contribution in [0.1, 0.15) is 26.5 Å². The number of thiazole rings is 1. The molecule has 0 aliphatic carbocycles. The van der Waals surface area contributed by atoms with Crippen LogP contribution in [0, 0.1) is 0 Å². The van der Waals surface area contributed by atoms with E-state index in [1.54, 1.807) is 5.38 Å². The molecule has 0 saturated heterocycles. The fourth-order valence-corrected chi connectivity index (χ4v) is 1.87. The maximum atomic E-state index is 11.8. The highest BCUT2D eigenvalue weighted by molar-refractivity contribution is 7.13. The van der Waals surface area contributed by atoms with Gasteiger partial charge in [-0.15, -0.1) is 11.3 Å². The number of alkyl halides is 3. The Bertz CT molecular complexity index is 423. The third-order valence-corrected chi connectivity index (χ3v) is 2.61. The zero-order chi connectivity index (χ0) is 14.0. The highest BCUT2D eigenvalue weighted by Gasteiger charge is 2.29. The van der Waals surface area contributed by atoms with E-state index in [1.165, 1.54) is 0 Å². The van der Waals surface area contributed by atoms with Crippen LogP contribution in [0.3, 0.4) is 0 Å². The molecular formula is C10H13F3N2O2S. The zero-order valence-electron chi connectivity index (χ0n) is 10.1. The Kier molecular flexibility index (Phi) is 4.20. The van der Waals surface area contributed by atoms with Crippen molar-refractivity contribution in [3.8, 4) is 0 Å². The molecule has 1 amide bonds. The van der Waals surface area contributed by atoms with Crippen molar-refractivity contribution < 1.29 is 22.7 Å². The van der Waals surface area contributed by atoms with Gasteiger partial charge in [0.15, 0.2) is 11.7 Å². The van der Waals surface area contributed by atoms with Crippen molar-refractivity contribution in [2.24, 2.45) is 0 Å². The average Bonchev–Trinajstić information content (AvgIpc) is 2.61. The molecule has 0 aliphatic heterocycles. The summed E-state index contributed by atoms with van der Waals surface area (Å²) in [5, 5.41) is 4.10. The predicted octanol–water partition coefficient (Wildman–Crippen LogP) is 3.55. The third kappa shape index (κ3) is 4.91. The van der Waals surface area contributed by atoms with Gasteiger partial charge in [-0.3, -0.25) is 5.32 Å². The standard InChI is InChI=1S/C10H13F3N2O2S/c1-9(2,3)6-4-18-7(14-6)15-8(16)17-5-10(11,12)13/h4H,5H2,1-3H3,(H,14,15,16). The van der Waals surface area contributed by atoms with Gasteiger partial charge in [0, 0.05) is 10.8 Å². The minimum absolute atomic E-state index is 0.188. The maximum Gasteiger partial charge on any atom is 0.422 e. The minimum Gasteiger partial charge on any atom is -0.440 e. The quantitative estimate of drug-likeness (QED) is 0.902. The molecule has 4 nitrogen and oxygen atoms in total. The number of halogens is 3. The molecule has 1 rings (SSSR count). The van der Waals surface area contributed by atoms with Crippen molar-refractivity contribution in [1.82, 2.24) is 4.98 Å². The molecule has 1 aromatic heterocycles. The summed E-state index contributed by atoms with van der Waals surface area (Å²) in [7, 11) is 0. The number of anilines is 1. The summed E-state index contributed by atoms with van der Waals surface area (Å²) in [5.74, 6) is 0. The van der Waals surface area contributed by atoms with Gasteiger partial charge >= 0.3 is 12.3 Å². The fraction of sp³-hybridized carbons (Fsp3) is 0.600. The predicted molar refractivity (Wildman–Crippen MR) is 61.8 cm³/mol. The van der Waals surface area contributed by atoms with E-state index in [9.17, 15) is 18.0 Å². The normalized spacial score (nSPS) is 12.3. The van der Waals surface area contributed by atoms with Crippen LogP contribution in [-0.2, 0) is 10.2 Å². The van der Waals surface area contributed by atoms with E-state index >= 15 is 0 Å². The average molecular weight is 282 g/mol. The Hall–Kier alpha value is -1.31. The monoisotopic (exact) mass is 282 g/mol. The number of rotatable bonds is 2. The summed E-state index contributed by atoms with van der Waals surface area (Å²) in [6.45, 7) is 4.20. The molecule has 18 heavy (non-hydrogen) atoms. The number of carbonyl (C=O) groups excluding carboxylic acids is 1. The van der Waals surface area contributed by atoms with E-state index in [1.807, 2.05) is 20.8 Å². The molecule has 102 valence electrons. The first-order valence-corrected chi connectivity index (χ1v) is 5.92. The molecule has 8 heteroatoms. The Labute approximate surface area is 106 Å². The van der Waals surface area contributed by atoms with Gasteiger partial charge in [-0.2, -0.15) is 13.2 Å². The van der Waals surface area contributed by atoms with Crippen LogP contribution in [0.2, 0.25) is 0 Å². The van der Waals surface area contributed by atoms with Crippen molar-refractivity contribution in [2.75, 3.05) is 11.9 Å². The molecule has 0 aromatic carbocycles. The Morgan fingerprint density at radius 1 is 1.44 bits per heavy atom. The van der Waals surface area contributed by atoms with Gasteiger partial charge in [-0.05, 0) is 0 Å². The Morgan fingerprint density at radius 3 is 2.50 bits per heavy atom. The lowest BCUT2D eigenvalue weighted by atomic mass is 9.93. The second kappa shape index (κ2) is 5.13. The van der Waals surface area contributed by atoms with Gasteiger partial charge in [-0.25, -0.2) is 9.78 Å². The van der Waals surface area contributed by atoms with E-state index in [0.29, 0.717) is 0 Å². The zero-order valence-corrected chi connectivity index (χ0v) is 10.9. The van der Waals surface area contributed by atoms with Crippen LogP contribution in [0.5, 0.6) is 0 Å². The van der Waals surface area contributed by atoms with Crippen LogP contribution in [0.4, 0.5) is 23.1 Å². The second-order valence-electron chi connectivity index (χ2n) is 4.60. The molecule has 0 bridgehead atoms. The van der Waals surface area contributed by atoms with Crippen LogP contribution in [-0.4, -0.2) is 23.9 Å². The number of amides is 1. The number of aromatic nitrogens is 1. The molecular weight excluding hydrogens is 269 g/mol. The molecule has 0 radical (unpaired) electrons. The number of nitrogens with zero attached hydrogens (tertiary/aromatic N) is 1. The highest BCUT2D eigenvalue weighted by Crippen LogP contribution is 2.26. The number of ether oxygens (including phenoxy) is 1. The number of nitrogens with one attached hydrogen (secondary N) is 1. The molecule has 1 heterocycles. The summed E-state index contributed by atoms with van der Waals surface area (Å²) in [5.41, 5.74) is 0.561. The second-order valence-corrected chi connectivity index (χ2v) is 5.46. The van der Waals surface area contributed by atoms with Crippen LogP contribution in [0.15, 0.2) is 5.38 Å². The van der Waals surface area contributed by atoms with Gasteiger partial charge in [0.1, 0.15) is 0 Å². The SMILES string of the molecule is CC(C)(C)c1csc(NC(=O)OCC(F)(F)F)n1. The van der Waals surface area contributed by atoms with E-state index in [4.69, 9.17) is 0 Å². The smallest absolute Gasteiger partial charge is 0.422 e. The minimum atomic E-state index is -4.53. The summed E-state index contributed by atoms with van der Waals surface area (Å²) in [6.07, 6.45) is -5.70. The first-order chi connectivity index (χ1) is 8.08. The first kappa shape index (κ1) is 14.7.